The second kappa shape index (κ2) is 15.1. The van der Waals surface area contributed by atoms with Crippen molar-refractivity contribution in [1.82, 2.24) is 15.1 Å². The van der Waals surface area contributed by atoms with Crippen molar-refractivity contribution in [3.63, 3.8) is 0 Å². The smallest absolute Gasteiger partial charge is 0.133 e. The lowest BCUT2D eigenvalue weighted by molar-refractivity contribution is -0.109. The normalized spacial score (nSPS) is 14.7. The van der Waals surface area contributed by atoms with Crippen LogP contribution in [0.15, 0.2) is 24.3 Å². The van der Waals surface area contributed by atoms with Gasteiger partial charge < -0.3 is 14.8 Å². The van der Waals surface area contributed by atoms with Crippen LogP contribution in [0.1, 0.15) is 19.4 Å². The molecule has 0 saturated carbocycles. The molecule has 1 N–H and O–H groups in total. The zero-order chi connectivity index (χ0) is 18.2. The average molecular weight is 338 g/mol. The number of nitrogens with one attached hydrogen (secondary N) is 1. The lowest BCUT2D eigenvalue weighted by Crippen LogP contribution is -2.47. The summed E-state index contributed by atoms with van der Waals surface area (Å²) in [5.41, 5.74) is 1.25. The minimum Gasteiger partial charge on any atom is -0.492 e. The molecule has 0 radical (unpaired) electrons. The summed E-state index contributed by atoms with van der Waals surface area (Å²) >= 11 is 0. The lowest BCUT2D eigenvalue weighted by atomic mass is 10.2. The number of carbonyl (C=O) groups is 1. The number of benzene rings is 1. The van der Waals surface area contributed by atoms with Gasteiger partial charge in [0.15, 0.2) is 0 Å². The van der Waals surface area contributed by atoms with E-state index in [4.69, 9.17) is 4.74 Å². The van der Waals surface area contributed by atoms with Crippen molar-refractivity contribution in [2.75, 3.05) is 60.0 Å². The van der Waals surface area contributed by atoms with Crippen molar-refractivity contribution in [1.29, 1.82) is 0 Å². The maximum atomic E-state index is 10.4. The summed E-state index contributed by atoms with van der Waals surface area (Å²) in [6, 6.07) is 8.15. The molecule has 1 aliphatic heterocycles. The molecule has 1 aromatic rings. The number of rotatable bonds is 6. The first kappa shape index (κ1) is 22.6. The first-order chi connectivity index (χ1) is 11.7. The quantitative estimate of drug-likeness (QED) is 0.805. The van der Waals surface area contributed by atoms with Gasteiger partial charge in [-0.05, 0) is 33.2 Å². The monoisotopic (exact) mass is 337 g/mol. The van der Waals surface area contributed by atoms with Crippen LogP contribution < -0.4 is 10.1 Å². The fourth-order valence-corrected chi connectivity index (χ4v) is 2.23. The van der Waals surface area contributed by atoms with Gasteiger partial charge in [0.05, 0.1) is 6.54 Å². The number of aldehydes is 1. The average Bonchev–Trinajstić information content (AvgIpc) is 2.61. The molecule has 0 aliphatic carbocycles. The summed E-state index contributed by atoms with van der Waals surface area (Å²) in [5, 5.41) is 2.75. The van der Waals surface area contributed by atoms with Crippen LogP contribution in [-0.4, -0.2) is 76.1 Å². The predicted molar refractivity (Wildman–Crippen MR) is 102 cm³/mol. The second-order valence-corrected chi connectivity index (χ2v) is 5.47. The molecule has 0 amide bonds. The van der Waals surface area contributed by atoms with Gasteiger partial charge in [-0.15, -0.1) is 0 Å². The molecule has 1 fully saturated rings. The molecular formula is C19H35N3O2. The van der Waals surface area contributed by atoms with E-state index in [-0.39, 0.29) is 0 Å². The molecule has 1 aliphatic rings. The minimum absolute atomic E-state index is 0.563. The Morgan fingerprint density at radius 1 is 1.04 bits per heavy atom. The summed E-state index contributed by atoms with van der Waals surface area (Å²) in [6.07, 6.45) is 0.982. The van der Waals surface area contributed by atoms with E-state index in [0.29, 0.717) is 6.54 Å². The highest BCUT2D eigenvalue weighted by Crippen LogP contribution is 2.11. The van der Waals surface area contributed by atoms with Crippen LogP contribution in [0.2, 0.25) is 0 Å². The fraction of sp³-hybridized carbons (Fsp3) is 0.632. The van der Waals surface area contributed by atoms with Crippen LogP contribution >= 0.6 is 0 Å². The third-order valence-electron chi connectivity index (χ3n) is 3.49. The van der Waals surface area contributed by atoms with Crippen molar-refractivity contribution in [3.8, 4) is 5.75 Å². The molecule has 1 heterocycles. The van der Waals surface area contributed by atoms with Crippen molar-refractivity contribution < 1.29 is 9.53 Å². The Kier molecular flexibility index (Phi) is 14.2. The second-order valence-electron chi connectivity index (χ2n) is 5.47. The van der Waals surface area contributed by atoms with Gasteiger partial charge in [0.1, 0.15) is 18.6 Å². The van der Waals surface area contributed by atoms with E-state index in [1.165, 1.54) is 5.56 Å². The van der Waals surface area contributed by atoms with E-state index in [1.54, 1.807) is 0 Å². The number of hydrogen-bond acceptors (Lipinski definition) is 5. The molecule has 0 atom stereocenters. The van der Waals surface area contributed by atoms with Gasteiger partial charge in [-0.3, -0.25) is 9.80 Å². The summed E-state index contributed by atoms with van der Waals surface area (Å²) in [5.74, 6) is 0.935. The number of carbonyl (C=O) groups excluding carboxylic acids is 1. The fourth-order valence-electron chi connectivity index (χ4n) is 2.23. The molecule has 5 heteroatoms. The van der Waals surface area contributed by atoms with Gasteiger partial charge in [0, 0.05) is 32.7 Å². The van der Waals surface area contributed by atoms with E-state index in [9.17, 15) is 4.79 Å². The van der Waals surface area contributed by atoms with Crippen molar-refractivity contribution >= 4 is 6.29 Å². The van der Waals surface area contributed by atoms with Crippen LogP contribution in [0.3, 0.4) is 0 Å². The highest BCUT2D eigenvalue weighted by atomic mass is 16.5. The minimum atomic E-state index is 0.563. The number of ether oxygens (including phenoxy) is 1. The van der Waals surface area contributed by atoms with Crippen molar-refractivity contribution in [2.24, 2.45) is 0 Å². The van der Waals surface area contributed by atoms with Gasteiger partial charge in [-0.1, -0.05) is 31.5 Å². The molecule has 0 bridgehead atoms. The predicted octanol–water partition coefficient (Wildman–Crippen LogP) is 2.05. The van der Waals surface area contributed by atoms with E-state index in [2.05, 4.69) is 34.2 Å². The first-order valence-electron chi connectivity index (χ1n) is 8.86. The lowest BCUT2D eigenvalue weighted by Gasteiger charge is -2.33. The molecule has 5 nitrogen and oxygen atoms in total. The molecule has 0 unspecified atom stereocenters. The third-order valence-corrected chi connectivity index (χ3v) is 3.49. The summed E-state index contributed by atoms with van der Waals surface area (Å²) in [6.45, 7) is 12.3. The summed E-state index contributed by atoms with van der Waals surface area (Å²) in [7, 11) is 3.75. The van der Waals surface area contributed by atoms with E-state index >= 15 is 0 Å². The van der Waals surface area contributed by atoms with E-state index in [1.807, 2.05) is 40.1 Å². The van der Waals surface area contributed by atoms with Gasteiger partial charge in [-0.2, -0.15) is 0 Å². The van der Waals surface area contributed by atoms with E-state index in [0.717, 1.165) is 51.4 Å². The number of hydrogen-bond donors (Lipinski definition) is 1. The van der Waals surface area contributed by atoms with Gasteiger partial charge in [0.2, 0.25) is 0 Å². The van der Waals surface area contributed by atoms with Crippen molar-refractivity contribution in [2.45, 2.75) is 20.8 Å². The molecule has 1 saturated heterocycles. The molecular weight excluding hydrogens is 302 g/mol. The number of aryl methyl sites for hydroxylation is 1. The Hall–Kier alpha value is -1.43. The van der Waals surface area contributed by atoms with Crippen molar-refractivity contribution in [3.05, 3.63) is 29.8 Å². The SMILES string of the molecule is CC.CNC.Cc1ccc(OCCN2CCN(CC=O)CC2)cc1. The molecule has 2 rings (SSSR count). The number of piperazine rings is 1. The summed E-state index contributed by atoms with van der Waals surface area (Å²) in [4.78, 5) is 15.0. The first-order valence-corrected chi connectivity index (χ1v) is 8.86. The van der Waals surface area contributed by atoms with Crippen LogP contribution in [-0.2, 0) is 4.79 Å². The molecule has 138 valence electrons. The summed E-state index contributed by atoms with van der Waals surface area (Å²) < 4.78 is 5.73. The van der Waals surface area contributed by atoms with E-state index < -0.39 is 0 Å². The third kappa shape index (κ3) is 10.4. The van der Waals surface area contributed by atoms with Gasteiger partial charge in [0.25, 0.3) is 0 Å². The molecule has 1 aromatic carbocycles. The Labute approximate surface area is 148 Å². The molecule has 0 spiro atoms. The largest absolute Gasteiger partial charge is 0.492 e. The van der Waals surface area contributed by atoms with Gasteiger partial charge in [-0.25, -0.2) is 0 Å². The Morgan fingerprint density at radius 3 is 2.04 bits per heavy atom. The number of nitrogens with zero attached hydrogens (tertiary/aromatic N) is 2. The Balaban J connectivity index is 0.000000952. The maximum absolute atomic E-state index is 10.4. The van der Waals surface area contributed by atoms with Crippen LogP contribution in [0.25, 0.3) is 0 Å². The zero-order valence-electron chi connectivity index (χ0n) is 16.0. The van der Waals surface area contributed by atoms with Crippen LogP contribution in [0.4, 0.5) is 0 Å². The van der Waals surface area contributed by atoms with Crippen LogP contribution in [0.5, 0.6) is 5.75 Å². The maximum Gasteiger partial charge on any atom is 0.133 e. The molecule has 24 heavy (non-hydrogen) atoms. The Bertz CT molecular complexity index is 402. The zero-order valence-corrected chi connectivity index (χ0v) is 16.0. The topological polar surface area (TPSA) is 44.8 Å². The molecule has 0 aromatic heterocycles. The van der Waals surface area contributed by atoms with Gasteiger partial charge >= 0.3 is 0 Å². The highest BCUT2D eigenvalue weighted by molar-refractivity contribution is 5.51. The standard InChI is InChI=1S/C15H22N2O2.C2H7N.C2H6/c1-14-2-4-15(5-3-14)19-13-11-17-8-6-16(7-9-17)10-12-18;1-3-2;1-2/h2-5,12H,6-11,13H2,1H3;3H,1-2H3;1-2H3. The highest BCUT2D eigenvalue weighted by Gasteiger charge is 2.15. The van der Waals surface area contributed by atoms with Crippen LogP contribution in [0, 0.1) is 6.92 Å². The Morgan fingerprint density at radius 2 is 1.54 bits per heavy atom.